The fourth-order valence-corrected chi connectivity index (χ4v) is 4.28. The van der Waals surface area contributed by atoms with E-state index in [1.165, 1.54) is 21.9 Å². The molecule has 0 unspecified atom stereocenters. The van der Waals surface area contributed by atoms with Gasteiger partial charge in [-0.05, 0) is 28.0 Å². The largest absolute Gasteiger partial charge is 0.339 e. The van der Waals surface area contributed by atoms with Crippen LogP contribution in [0.15, 0.2) is 77.7 Å². The number of rotatable bonds is 2. The van der Waals surface area contributed by atoms with Gasteiger partial charge < -0.3 is 9.13 Å². The smallest absolute Gasteiger partial charge is 0.274 e. The fourth-order valence-electron chi connectivity index (χ4n) is 4.28. The minimum absolute atomic E-state index is 0.0466. The van der Waals surface area contributed by atoms with Crippen LogP contribution in [0.1, 0.15) is 11.1 Å². The van der Waals surface area contributed by atoms with E-state index in [1.807, 2.05) is 37.0 Å². The van der Waals surface area contributed by atoms with Crippen molar-refractivity contribution in [2.45, 2.75) is 6.42 Å². The molecule has 132 valence electrons. The molecule has 0 aliphatic carbocycles. The normalized spacial score (nSPS) is 11.6. The first-order valence-electron chi connectivity index (χ1n) is 9.17. The van der Waals surface area contributed by atoms with Gasteiger partial charge in [-0.1, -0.05) is 60.7 Å². The van der Waals surface area contributed by atoms with E-state index < -0.39 is 0 Å². The lowest BCUT2D eigenvalue weighted by Gasteiger charge is -2.10. The van der Waals surface area contributed by atoms with Crippen LogP contribution in [-0.2, 0) is 20.5 Å². The van der Waals surface area contributed by atoms with Crippen molar-refractivity contribution in [1.29, 1.82) is 0 Å². The van der Waals surface area contributed by atoms with Crippen LogP contribution in [0.4, 0.5) is 0 Å². The van der Waals surface area contributed by atoms with Crippen LogP contribution in [0.3, 0.4) is 0 Å². The first-order chi connectivity index (χ1) is 13.1. The Morgan fingerprint density at radius 3 is 2.33 bits per heavy atom. The van der Waals surface area contributed by atoms with Crippen LogP contribution in [-0.4, -0.2) is 9.13 Å². The zero-order valence-electron chi connectivity index (χ0n) is 15.4. The Balaban J connectivity index is 1.85. The molecule has 2 aromatic heterocycles. The molecule has 2 heterocycles. The van der Waals surface area contributed by atoms with Crippen molar-refractivity contribution >= 4 is 32.6 Å². The molecule has 5 aromatic rings. The van der Waals surface area contributed by atoms with Gasteiger partial charge in [0, 0.05) is 43.0 Å². The quantitative estimate of drug-likeness (QED) is 0.449. The summed E-state index contributed by atoms with van der Waals surface area (Å²) in [6.07, 6.45) is 2.79. The summed E-state index contributed by atoms with van der Waals surface area (Å²) >= 11 is 0. The molecule has 3 nitrogen and oxygen atoms in total. The average Bonchev–Trinajstić information content (AvgIpc) is 3.00. The number of hydrogen-bond acceptors (Lipinski definition) is 1. The predicted octanol–water partition coefficient (Wildman–Crippen LogP) is 4.77. The molecule has 0 aliphatic rings. The molecular weight excluding hydrogens is 332 g/mol. The van der Waals surface area contributed by atoms with E-state index in [0.717, 1.165) is 28.2 Å². The van der Waals surface area contributed by atoms with Crippen molar-refractivity contribution in [3.8, 4) is 0 Å². The first kappa shape index (κ1) is 15.9. The lowest BCUT2D eigenvalue weighted by atomic mass is 9.97. The molecule has 0 aliphatic heterocycles. The summed E-state index contributed by atoms with van der Waals surface area (Å²) in [5.74, 6) is 0. The average molecular weight is 352 g/mol. The maximum atomic E-state index is 12.9. The summed E-state index contributed by atoms with van der Waals surface area (Å²) in [5, 5.41) is 4.73. The molecule has 27 heavy (non-hydrogen) atoms. The van der Waals surface area contributed by atoms with E-state index in [0.29, 0.717) is 0 Å². The number of fused-ring (bicyclic) bond motifs is 4. The van der Waals surface area contributed by atoms with Gasteiger partial charge in [0.1, 0.15) is 5.52 Å². The van der Waals surface area contributed by atoms with Crippen LogP contribution >= 0.6 is 0 Å². The zero-order chi connectivity index (χ0) is 18.5. The summed E-state index contributed by atoms with van der Waals surface area (Å²) in [6.45, 7) is 0. The van der Waals surface area contributed by atoms with Crippen molar-refractivity contribution in [3.05, 3.63) is 94.4 Å². The third kappa shape index (κ3) is 2.32. The van der Waals surface area contributed by atoms with Gasteiger partial charge in [-0.2, -0.15) is 0 Å². The highest BCUT2D eigenvalue weighted by Gasteiger charge is 2.17. The number of aryl methyl sites for hydroxylation is 2. The standard InChI is InChI=1S/C24H20N2O/c1-25-15-18(14-17-10-7-9-16-8-3-4-11-19(16)17)22-20-12-5-6-13-21(20)26(2)23(22)24(25)27/h3-13,15H,14H2,1-2H3. The number of aromatic nitrogens is 2. The monoisotopic (exact) mass is 352 g/mol. The third-order valence-corrected chi connectivity index (χ3v) is 5.56. The van der Waals surface area contributed by atoms with Crippen molar-refractivity contribution < 1.29 is 0 Å². The van der Waals surface area contributed by atoms with Gasteiger partial charge in [-0.3, -0.25) is 4.79 Å². The summed E-state index contributed by atoms with van der Waals surface area (Å²) in [4.78, 5) is 12.9. The van der Waals surface area contributed by atoms with Gasteiger partial charge in [-0.15, -0.1) is 0 Å². The Bertz CT molecular complexity index is 1380. The number of nitrogens with zero attached hydrogens (tertiary/aromatic N) is 2. The molecule has 0 spiro atoms. The Kier molecular flexibility index (Phi) is 3.44. The van der Waals surface area contributed by atoms with Crippen molar-refractivity contribution in [2.75, 3.05) is 0 Å². The van der Waals surface area contributed by atoms with Gasteiger partial charge in [0.2, 0.25) is 0 Å². The van der Waals surface area contributed by atoms with E-state index >= 15 is 0 Å². The topological polar surface area (TPSA) is 26.9 Å². The molecular formula is C24H20N2O. The zero-order valence-corrected chi connectivity index (χ0v) is 15.4. The van der Waals surface area contributed by atoms with Gasteiger partial charge in [-0.25, -0.2) is 0 Å². The molecule has 3 heteroatoms. The van der Waals surface area contributed by atoms with Crippen LogP contribution in [0.5, 0.6) is 0 Å². The maximum Gasteiger partial charge on any atom is 0.274 e. The van der Waals surface area contributed by atoms with Gasteiger partial charge in [0.15, 0.2) is 0 Å². The number of pyridine rings is 1. The van der Waals surface area contributed by atoms with Crippen molar-refractivity contribution in [1.82, 2.24) is 9.13 Å². The predicted molar refractivity (Wildman–Crippen MR) is 112 cm³/mol. The maximum absolute atomic E-state index is 12.9. The molecule has 0 saturated heterocycles. The van der Waals surface area contributed by atoms with E-state index in [4.69, 9.17) is 0 Å². The molecule has 0 saturated carbocycles. The molecule has 0 N–H and O–H groups in total. The highest BCUT2D eigenvalue weighted by atomic mass is 16.1. The highest BCUT2D eigenvalue weighted by Crippen LogP contribution is 2.31. The second-order valence-corrected chi connectivity index (χ2v) is 7.19. The Morgan fingerprint density at radius 2 is 1.48 bits per heavy atom. The molecule has 5 rings (SSSR count). The summed E-state index contributed by atoms with van der Waals surface area (Å²) in [7, 11) is 3.82. The first-order valence-corrected chi connectivity index (χ1v) is 9.17. The molecule has 0 fully saturated rings. The summed E-state index contributed by atoms with van der Waals surface area (Å²) in [6, 6.07) is 23.2. The lowest BCUT2D eigenvalue weighted by molar-refractivity contribution is 0.846. The van der Waals surface area contributed by atoms with Crippen molar-refractivity contribution in [2.24, 2.45) is 14.1 Å². The minimum Gasteiger partial charge on any atom is -0.339 e. The lowest BCUT2D eigenvalue weighted by Crippen LogP contribution is -2.19. The van der Waals surface area contributed by atoms with Crippen LogP contribution in [0.25, 0.3) is 32.6 Å². The van der Waals surface area contributed by atoms with E-state index in [9.17, 15) is 4.79 Å². The van der Waals surface area contributed by atoms with E-state index in [2.05, 4.69) is 54.6 Å². The van der Waals surface area contributed by atoms with Crippen LogP contribution < -0.4 is 5.56 Å². The molecule has 0 atom stereocenters. The van der Waals surface area contributed by atoms with Gasteiger partial charge in [0.05, 0.1) is 0 Å². The molecule has 0 bridgehead atoms. The molecule has 0 amide bonds. The minimum atomic E-state index is 0.0466. The number of para-hydroxylation sites is 1. The summed E-state index contributed by atoms with van der Waals surface area (Å²) in [5.41, 5.74) is 4.37. The second kappa shape index (κ2) is 5.85. The van der Waals surface area contributed by atoms with E-state index in [-0.39, 0.29) is 5.56 Å². The van der Waals surface area contributed by atoms with Crippen LogP contribution in [0, 0.1) is 0 Å². The number of hydrogen-bond donors (Lipinski definition) is 0. The molecule has 3 aromatic carbocycles. The molecule has 0 radical (unpaired) electrons. The SMILES string of the molecule is Cn1cc(Cc2cccc3ccccc23)c2c3ccccc3n(C)c2c1=O. The number of benzene rings is 3. The third-order valence-electron chi connectivity index (χ3n) is 5.56. The Hall–Kier alpha value is -3.33. The van der Waals surface area contributed by atoms with E-state index in [1.54, 1.807) is 4.57 Å². The van der Waals surface area contributed by atoms with Gasteiger partial charge in [0.25, 0.3) is 5.56 Å². The fraction of sp³-hybridized carbons (Fsp3) is 0.125. The van der Waals surface area contributed by atoms with Crippen LogP contribution in [0.2, 0.25) is 0 Å². The summed E-state index contributed by atoms with van der Waals surface area (Å²) < 4.78 is 3.74. The Labute approximate surface area is 157 Å². The highest BCUT2D eigenvalue weighted by molar-refractivity contribution is 6.09. The Morgan fingerprint density at radius 1 is 0.778 bits per heavy atom. The van der Waals surface area contributed by atoms with Gasteiger partial charge >= 0.3 is 0 Å². The second-order valence-electron chi connectivity index (χ2n) is 7.19. The van der Waals surface area contributed by atoms with Crippen molar-refractivity contribution in [3.63, 3.8) is 0 Å².